The summed E-state index contributed by atoms with van der Waals surface area (Å²) in [6.45, 7) is 9.66. The quantitative estimate of drug-likeness (QED) is 0.0785. The molecular weight excluding hydrogens is 845 g/mol. The molecule has 12 N–H and O–H groups in total. The number of nitrogens with zero attached hydrogens (tertiary/aromatic N) is 4. The van der Waals surface area contributed by atoms with Crippen LogP contribution in [0.5, 0.6) is 11.5 Å². The van der Waals surface area contributed by atoms with Crippen molar-refractivity contribution in [2.45, 2.75) is 77.0 Å². The number of anilines is 1. The number of ether oxygens (including phenoxy) is 2. The van der Waals surface area contributed by atoms with E-state index in [1.807, 2.05) is 30.3 Å². The molecule has 4 atom stereocenters. The zero-order chi connectivity index (χ0) is 48.3. The van der Waals surface area contributed by atoms with Gasteiger partial charge < -0.3 is 58.6 Å². The second-order valence-corrected chi connectivity index (χ2v) is 16.9. The molecule has 0 unspecified atom stereocenters. The van der Waals surface area contributed by atoms with Crippen LogP contribution in [0.3, 0.4) is 0 Å². The number of hydrogen-bond acceptors (Lipinski definition) is 14. The standard InChI is InChI=1S/C47H60N12O7/c1-26-38(40(52)58-41(54-26)29-8-11-31(12-9-29)47(3,4)5)44(62)56-34(15-16-48)46(64)59(6)39-30-10-14-37(66-22-19-51)33(25-30)32-23-28(7-13-36(32)65-21-18-50)24-35(43(61)53-20-17-49)57-42(60)27(2)55-45(39)63/h7-14,23,25,27,34-35,39H,15-16,18-22,24,48,50-51H2,1-6H3,(H,53,61)(H,55,63)(H,56,62)(H,57,60)(H2,52,54,58)/t27-,34-,35-,39-/m0/s1. The van der Waals surface area contributed by atoms with E-state index in [1.165, 1.54) is 14.0 Å². The highest BCUT2D eigenvalue weighted by Gasteiger charge is 2.36. The van der Waals surface area contributed by atoms with Crippen molar-refractivity contribution >= 4 is 35.4 Å². The first-order valence-electron chi connectivity index (χ1n) is 21.6. The van der Waals surface area contributed by atoms with Gasteiger partial charge >= 0.3 is 0 Å². The molecule has 350 valence electrons. The van der Waals surface area contributed by atoms with Gasteiger partial charge in [-0.05, 0) is 73.2 Å². The van der Waals surface area contributed by atoms with E-state index in [2.05, 4.69) is 52.0 Å². The van der Waals surface area contributed by atoms with Gasteiger partial charge in [0.05, 0.1) is 11.8 Å². The van der Waals surface area contributed by atoms with Gasteiger partial charge in [0.2, 0.25) is 23.6 Å². The zero-order valence-electron chi connectivity index (χ0n) is 38.2. The van der Waals surface area contributed by atoms with E-state index >= 15 is 0 Å². The van der Waals surface area contributed by atoms with Crippen LogP contribution in [0.4, 0.5) is 5.82 Å². The predicted molar refractivity (Wildman–Crippen MR) is 249 cm³/mol. The van der Waals surface area contributed by atoms with Crippen molar-refractivity contribution < 1.29 is 33.4 Å². The number of nitrogens with one attached hydrogen (secondary N) is 4. The van der Waals surface area contributed by atoms with Crippen LogP contribution < -0.4 is 53.7 Å². The summed E-state index contributed by atoms with van der Waals surface area (Å²) in [6, 6.07) is 14.6. The smallest absolute Gasteiger partial charge is 0.257 e. The van der Waals surface area contributed by atoms with E-state index in [-0.39, 0.29) is 74.7 Å². The lowest BCUT2D eigenvalue weighted by molar-refractivity contribution is -0.141. The molecule has 0 spiro atoms. The molecule has 1 aliphatic heterocycles. The lowest BCUT2D eigenvalue weighted by Crippen LogP contribution is -2.56. The number of fused-ring (bicyclic) bond motifs is 5. The van der Waals surface area contributed by atoms with Crippen molar-refractivity contribution in [1.29, 1.82) is 5.26 Å². The van der Waals surface area contributed by atoms with Crippen molar-refractivity contribution in [2.75, 3.05) is 52.2 Å². The maximum atomic E-state index is 14.7. The molecule has 5 rings (SSSR count). The van der Waals surface area contributed by atoms with E-state index in [4.69, 9.17) is 37.7 Å². The first-order valence-corrected chi connectivity index (χ1v) is 21.6. The zero-order valence-corrected chi connectivity index (χ0v) is 38.2. The highest BCUT2D eigenvalue weighted by Crippen LogP contribution is 2.40. The number of amides is 5. The van der Waals surface area contributed by atoms with E-state index < -0.39 is 53.7 Å². The van der Waals surface area contributed by atoms with Crippen molar-refractivity contribution in [1.82, 2.24) is 36.1 Å². The maximum absolute atomic E-state index is 14.7. The third kappa shape index (κ3) is 11.9. The van der Waals surface area contributed by atoms with Gasteiger partial charge in [-0.1, -0.05) is 57.2 Å². The largest absolute Gasteiger partial charge is 0.492 e. The Morgan fingerprint density at radius 3 is 2.14 bits per heavy atom. The SMILES string of the molecule is Cc1nc(-c2ccc(C(C)(C)C)cc2)nc(N)c1C(=O)N[C@@H](CCN)C(=O)N(C)[C@@H]1C(=O)N[C@@H](C)C(=O)N[C@H](C(=O)NCC#N)Cc2ccc(OCCN)c(c2)-c2cc1ccc2OCCN. The summed E-state index contributed by atoms with van der Waals surface area (Å²) in [7, 11) is 1.39. The van der Waals surface area contributed by atoms with Gasteiger partial charge in [-0.15, -0.1) is 0 Å². The molecule has 1 aliphatic rings. The van der Waals surface area contributed by atoms with Crippen LogP contribution in [0.1, 0.15) is 72.9 Å². The van der Waals surface area contributed by atoms with Gasteiger partial charge in [-0.25, -0.2) is 9.97 Å². The summed E-state index contributed by atoms with van der Waals surface area (Å²) >= 11 is 0. The Bertz CT molecular complexity index is 2440. The van der Waals surface area contributed by atoms with Crippen LogP contribution in [-0.2, 0) is 31.0 Å². The monoisotopic (exact) mass is 904 g/mol. The summed E-state index contributed by atoms with van der Waals surface area (Å²) in [6.07, 6.45) is -0.0470. The van der Waals surface area contributed by atoms with Crippen LogP contribution in [0.2, 0.25) is 0 Å². The van der Waals surface area contributed by atoms with Gasteiger partial charge in [-0.3, -0.25) is 24.0 Å². The van der Waals surface area contributed by atoms with Crippen LogP contribution in [0.15, 0.2) is 60.7 Å². The number of carbonyl (C=O) groups excluding carboxylic acids is 5. The topological polar surface area (TPSA) is 309 Å². The average molecular weight is 905 g/mol. The molecule has 1 aromatic heterocycles. The number of aryl methyl sites for hydroxylation is 1. The number of nitrogen functional groups attached to an aromatic ring is 1. The van der Waals surface area contributed by atoms with Gasteiger partial charge in [0, 0.05) is 43.2 Å². The molecule has 66 heavy (non-hydrogen) atoms. The minimum Gasteiger partial charge on any atom is -0.492 e. The molecule has 5 amide bonds. The van der Waals surface area contributed by atoms with E-state index in [0.29, 0.717) is 45.1 Å². The molecule has 2 heterocycles. The Hall–Kier alpha value is -7.14. The number of nitriles is 1. The third-order valence-electron chi connectivity index (χ3n) is 11.0. The molecule has 0 aliphatic carbocycles. The van der Waals surface area contributed by atoms with E-state index in [1.54, 1.807) is 43.3 Å². The minimum absolute atomic E-state index is 0.00642. The van der Waals surface area contributed by atoms with Crippen LogP contribution in [0.25, 0.3) is 22.5 Å². The van der Waals surface area contributed by atoms with Gasteiger partial charge in [0.25, 0.3) is 5.91 Å². The summed E-state index contributed by atoms with van der Waals surface area (Å²) in [4.78, 5) is 80.6. The normalized spacial score (nSPS) is 16.6. The lowest BCUT2D eigenvalue weighted by atomic mass is 9.86. The number of aromatic nitrogens is 2. The Labute approximate surface area is 384 Å². The van der Waals surface area contributed by atoms with Crippen LogP contribution >= 0.6 is 0 Å². The number of benzene rings is 3. The molecule has 4 bridgehead atoms. The number of likely N-dealkylation sites (N-methyl/N-ethyl adjacent to an activating group) is 1. The Kier molecular flexibility index (Phi) is 16.8. The Morgan fingerprint density at radius 1 is 0.909 bits per heavy atom. The van der Waals surface area contributed by atoms with Crippen molar-refractivity contribution in [2.24, 2.45) is 17.2 Å². The number of hydrogen-bond donors (Lipinski definition) is 8. The summed E-state index contributed by atoms with van der Waals surface area (Å²) in [5.74, 6) is -2.59. The lowest BCUT2D eigenvalue weighted by Gasteiger charge is -2.32. The fourth-order valence-electron chi connectivity index (χ4n) is 7.48. The van der Waals surface area contributed by atoms with Crippen molar-refractivity contribution in [3.8, 4) is 40.1 Å². The number of carbonyl (C=O) groups is 5. The van der Waals surface area contributed by atoms with Crippen molar-refractivity contribution in [3.63, 3.8) is 0 Å². The molecule has 0 radical (unpaired) electrons. The van der Waals surface area contributed by atoms with Gasteiger partial charge in [0.1, 0.15) is 66.8 Å². The second-order valence-electron chi connectivity index (χ2n) is 16.9. The highest BCUT2D eigenvalue weighted by molar-refractivity contribution is 6.02. The third-order valence-corrected chi connectivity index (χ3v) is 11.0. The van der Waals surface area contributed by atoms with Crippen molar-refractivity contribution in [3.05, 3.63) is 88.6 Å². The molecule has 4 aromatic rings. The number of nitrogens with two attached hydrogens (primary N) is 4. The van der Waals surface area contributed by atoms with Crippen LogP contribution in [-0.4, -0.2) is 109 Å². The fourth-order valence-corrected chi connectivity index (χ4v) is 7.48. The molecular formula is C47H60N12O7. The number of rotatable bonds is 15. The molecule has 19 nitrogen and oxygen atoms in total. The molecule has 0 saturated carbocycles. The Balaban J connectivity index is 1.57. The minimum atomic E-state index is -1.43. The molecule has 0 fully saturated rings. The molecule has 19 heteroatoms. The molecule has 0 saturated heterocycles. The van der Waals surface area contributed by atoms with Crippen LogP contribution in [0, 0.1) is 18.3 Å². The first-order chi connectivity index (χ1) is 31.4. The summed E-state index contributed by atoms with van der Waals surface area (Å²) in [5.41, 5.74) is 27.9. The fraction of sp³-hybridized carbons (Fsp3) is 0.404. The second kappa shape index (κ2) is 22.2. The van der Waals surface area contributed by atoms with E-state index in [0.717, 1.165) is 10.5 Å². The summed E-state index contributed by atoms with van der Waals surface area (Å²) < 4.78 is 12.2. The average Bonchev–Trinajstić information content (AvgIpc) is 3.28. The van der Waals surface area contributed by atoms with Gasteiger partial charge in [0.15, 0.2) is 5.82 Å². The first kappa shape index (κ1) is 49.9. The van der Waals surface area contributed by atoms with E-state index in [9.17, 15) is 24.0 Å². The highest BCUT2D eigenvalue weighted by atomic mass is 16.5. The predicted octanol–water partition coefficient (Wildman–Crippen LogP) is 1.51. The molecule has 3 aromatic carbocycles. The summed E-state index contributed by atoms with van der Waals surface area (Å²) in [5, 5.41) is 19.8. The van der Waals surface area contributed by atoms with Gasteiger partial charge in [-0.2, -0.15) is 5.26 Å². The maximum Gasteiger partial charge on any atom is 0.257 e. The Morgan fingerprint density at radius 2 is 1.55 bits per heavy atom.